The van der Waals surface area contributed by atoms with Crippen LogP contribution in [-0.4, -0.2) is 28.0 Å². The van der Waals surface area contributed by atoms with Crippen LogP contribution >= 0.6 is 0 Å². The van der Waals surface area contributed by atoms with Gasteiger partial charge in [-0.05, 0) is 19.5 Å². The minimum atomic E-state index is -0.846. The van der Waals surface area contributed by atoms with Crippen molar-refractivity contribution in [2.75, 3.05) is 13.1 Å². The van der Waals surface area contributed by atoms with Crippen LogP contribution in [0.3, 0.4) is 0 Å². The second-order valence-electron chi connectivity index (χ2n) is 3.39. The Labute approximate surface area is 78.6 Å². The summed E-state index contributed by atoms with van der Waals surface area (Å²) in [5, 5.41) is 17.2. The van der Waals surface area contributed by atoms with Crippen LogP contribution in [0.5, 0.6) is 0 Å². The lowest BCUT2D eigenvalue weighted by molar-refractivity contribution is 0.0491. The number of nitrogens with zero attached hydrogens (tertiary/aromatic N) is 2. The highest BCUT2D eigenvalue weighted by atomic mass is 16.3. The number of nitrogens with one attached hydrogen (secondary N) is 1. The summed E-state index contributed by atoms with van der Waals surface area (Å²) in [6.45, 7) is 5.20. The van der Waals surface area contributed by atoms with E-state index in [0.29, 0.717) is 6.54 Å². The summed E-state index contributed by atoms with van der Waals surface area (Å²) >= 11 is 0. The van der Waals surface area contributed by atoms with Gasteiger partial charge in [-0.3, -0.25) is 4.68 Å². The van der Waals surface area contributed by atoms with Crippen molar-refractivity contribution in [3.05, 3.63) is 18.0 Å². The normalized spacial score (nSPS) is 15.7. The van der Waals surface area contributed by atoms with Gasteiger partial charge in [-0.15, -0.1) is 0 Å². The quantitative estimate of drug-likeness (QED) is 0.703. The number of hydrogen-bond donors (Lipinski definition) is 2. The van der Waals surface area contributed by atoms with E-state index in [1.807, 2.05) is 20.0 Å². The zero-order valence-corrected chi connectivity index (χ0v) is 8.41. The molecular formula is C9H17N3O. The van der Waals surface area contributed by atoms with Gasteiger partial charge in [-0.1, -0.05) is 6.92 Å². The molecule has 4 nitrogen and oxygen atoms in total. The molecule has 0 radical (unpaired) electrons. The molecule has 0 saturated heterocycles. The number of aliphatic hydroxyl groups is 1. The van der Waals surface area contributed by atoms with Crippen LogP contribution in [0.15, 0.2) is 12.3 Å². The van der Waals surface area contributed by atoms with Crippen LogP contribution in [0.1, 0.15) is 19.5 Å². The molecule has 0 aliphatic heterocycles. The zero-order valence-electron chi connectivity index (χ0n) is 8.41. The molecule has 1 atom stereocenters. The lowest BCUT2D eigenvalue weighted by Crippen LogP contribution is -2.36. The number of hydrogen-bond acceptors (Lipinski definition) is 3. The van der Waals surface area contributed by atoms with Crippen LogP contribution in [0.25, 0.3) is 0 Å². The number of aryl methyl sites for hydroxylation is 1. The van der Waals surface area contributed by atoms with E-state index in [9.17, 15) is 5.11 Å². The molecular weight excluding hydrogens is 166 g/mol. The lowest BCUT2D eigenvalue weighted by atomic mass is 10.0. The van der Waals surface area contributed by atoms with Gasteiger partial charge < -0.3 is 10.4 Å². The van der Waals surface area contributed by atoms with Gasteiger partial charge in [0.1, 0.15) is 5.60 Å². The molecule has 1 aromatic heterocycles. The van der Waals surface area contributed by atoms with E-state index in [-0.39, 0.29) is 0 Å². The topological polar surface area (TPSA) is 50.1 Å². The van der Waals surface area contributed by atoms with Crippen molar-refractivity contribution in [1.82, 2.24) is 15.1 Å². The summed E-state index contributed by atoms with van der Waals surface area (Å²) in [7, 11) is 1.83. The molecule has 1 heterocycles. The third kappa shape index (κ3) is 2.29. The first-order chi connectivity index (χ1) is 6.08. The largest absolute Gasteiger partial charge is 0.383 e. The van der Waals surface area contributed by atoms with Crippen molar-refractivity contribution in [3.63, 3.8) is 0 Å². The molecule has 0 bridgehead atoms. The highest BCUT2D eigenvalue weighted by molar-refractivity contribution is 5.10. The Hall–Kier alpha value is -0.870. The second-order valence-corrected chi connectivity index (χ2v) is 3.39. The van der Waals surface area contributed by atoms with Crippen LogP contribution in [0, 0.1) is 0 Å². The average Bonchev–Trinajstić information content (AvgIpc) is 2.48. The third-order valence-electron chi connectivity index (χ3n) is 2.09. The van der Waals surface area contributed by atoms with Gasteiger partial charge in [-0.25, -0.2) is 0 Å². The molecule has 0 aromatic carbocycles. The third-order valence-corrected chi connectivity index (χ3v) is 2.09. The molecule has 1 rings (SSSR count). The molecule has 1 unspecified atom stereocenters. The van der Waals surface area contributed by atoms with Crippen LogP contribution in [-0.2, 0) is 12.6 Å². The van der Waals surface area contributed by atoms with Crippen molar-refractivity contribution in [2.45, 2.75) is 19.4 Å². The molecule has 0 aliphatic rings. The Morgan fingerprint density at radius 1 is 1.69 bits per heavy atom. The Balaban J connectivity index is 2.74. The maximum atomic E-state index is 10.1. The summed E-state index contributed by atoms with van der Waals surface area (Å²) in [6.07, 6.45) is 1.69. The van der Waals surface area contributed by atoms with Crippen molar-refractivity contribution < 1.29 is 5.11 Å². The SMILES string of the molecule is CCNCC(C)(O)c1ccnn1C. The number of aromatic nitrogens is 2. The molecule has 0 saturated carbocycles. The molecule has 0 spiro atoms. The first-order valence-corrected chi connectivity index (χ1v) is 4.49. The van der Waals surface area contributed by atoms with E-state index in [1.165, 1.54) is 0 Å². The summed E-state index contributed by atoms with van der Waals surface area (Å²) < 4.78 is 1.69. The molecule has 74 valence electrons. The zero-order chi connectivity index (χ0) is 9.90. The minimum Gasteiger partial charge on any atom is -0.383 e. The average molecular weight is 183 g/mol. The van der Waals surface area contributed by atoms with Crippen molar-refractivity contribution >= 4 is 0 Å². The molecule has 4 heteroatoms. The van der Waals surface area contributed by atoms with Crippen molar-refractivity contribution in [2.24, 2.45) is 7.05 Å². The van der Waals surface area contributed by atoms with Crippen LogP contribution in [0.2, 0.25) is 0 Å². The van der Waals surface area contributed by atoms with Crippen LogP contribution < -0.4 is 5.32 Å². The van der Waals surface area contributed by atoms with Gasteiger partial charge in [0, 0.05) is 19.8 Å². The lowest BCUT2D eigenvalue weighted by Gasteiger charge is -2.23. The van der Waals surface area contributed by atoms with E-state index in [4.69, 9.17) is 0 Å². The second kappa shape index (κ2) is 3.89. The highest BCUT2D eigenvalue weighted by Gasteiger charge is 2.25. The van der Waals surface area contributed by atoms with E-state index < -0.39 is 5.60 Å². The predicted octanol–water partition coefficient (Wildman–Crippen LogP) is 0.237. The maximum Gasteiger partial charge on any atom is 0.116 e. The fraction of sp³-hybridized carbons (Fsp3) is 0.667. The Morgan fingerprint density at radius 3 is 2.85 bits per heavy atom. The monoisotopic (exact) mass is 183 g/mol. The molecule has 0 amide bonds. The van der Waals surface area contributed by atoms with E-state index >= 15 is 0 Å². The standard InChI is InChI=1S/C9H17N3O/c1-4-10-7-9(2,13)8-5-6-11-12(8)3/h5-6,10,13H,4,7H2,1-3H3. The first-order valence-electron chi connectivity index (χ1n) is 4.49. The molecule has 2 N–H and O–H groups in total. The van der Waals surface area contributed by atoms with Gasteiger partial charge in [0.2, 0.25) is 0 Å². The number of rotatable bonds is 4. The Bertz CT molecular complexity index is 268. The van der Waals surface area contributed by atoms with Crippen molar-refractivity contribution in [1.29, 1.82) is 0 Å². The maximum absolute atomic E-state index is 10.1. The van der Waals surface area contributed by atoms with Gasteiger partial charge in [-0.2, -0.15) is 5.10 Å². The summed E-state index contributed by atoms with van der Waals surface area (Å²) in [5.74, 6) is 0. The smallest absolute Gasteiger partial charge is 0.116 e. The van der Waals surface area contributed by atoms with Gasteiger partial charge in [0.15, 0.2) is 0 Å². The van der Waals surface area contributed by atoms with Gasteiger partial charge in [0.05, 0.1) is 5.69 Å². The molecule has 0 aliphatic carbocycles. The highest BCUT2D eigenvalue weighted by Crippen LogP contribution is 2.17. The minimum absolute atomic E-state index is 0.545. The summed E-state index contributed by atoms with van der Waals surface area (Å²) in [5.41, 5.74) is -0.0187. The fourth-order valence-electron chi connectivity index (χ4n) is 1.36. The summed E-state index contributed by atoms with van der Waals surface area (Å²) in [6, 6.07) is 1.83. The number of likely N-dealkylation sites (N-methyl/N-ethyl adjacent to an activating group) is 1. The van der Waals surface area contributed by atoms with Crippen LogP contribution in [0.4, 0.5) is 0 Å². The first kappa shape index (κ1) is 10.2. The van der Waals surface area contributed by atoms with Crippen molar-refractivity contribution in [3.8, 4) is 0 Å². The van der Waals surface area contributed by atoms with Gasteiger partial charge in [0.25, 0.3) is 0 Å². The molecule has 0 fully saturated rings. The van der Waals surface area contributed by atoms with E-state index in [1.54, 1.807) is 17.8 Å². The molecule has 13 heavy (non-hydrogen) atoms. The van der Waals surface area contributed by atoms with E-state index in [0.717, 1.165) is 12.2 Å². The molecule has 1 aromatic rings. The Kier molecular flexibility index (Phi) is 3.06. The van der Waals surface area contributed by atoms with Gasteiger partial charge >= 0.3 is 0 Å². The van der Waals surface area contributed by atoms with E-state index in [2.05, 4.69) is 10.4 Å². The Morgan fingerprint density at radius 2 is 2.38 bits per heavy atom. The predicted molar refractivity (Wildman–Crippen MR) is 51.3 cm³/mol. The fourth-order valence-corrected chi connectivity index (χ4v) is 1.36. The summed E-state index contributed by atoms with van der Waals surface area (Å²) in [4.78, 5) is 0.